The molecule has 0 saturated carbocycles. The van der Waals surface area contributed by atoms with Gasteiger partial charge in [-0.25, -0.2) is 0 Å². The Bertz CT molecular complexity index is 772. The molecule has 0 radical (unpaired) electrons. The minimum Gasteiger partial charge on any atom is -0.493 e. The molecule has 0 aliphatic carbocycles. The van der Waals surface area contributed by atoms with Gasteiger partial charge in [-0.1, -0.05) is 15.9 Å². The van der Waals surface area contributed by atoms with Crippen molar-refractivity contribution in [1.82, 2.24) is 9.88 Å². The van der Waals surface area contributed by atoms with E-state index >= 15 is 0 Å². The number of aromatic nitrogens is 1. The van der Waals surface area contributed by atoms with Crippen LogP contribution in [0.5, 0.6) is 5.75 Å². The fourth-order valence-corrected chi connectivity index (χ4v) is 3.32. The molecule has 0 unspecified atom stereocenters. The smallest absolute Gasteiger partial charge is 0.246 e. The van der Waals surface area contributed by atoms with E-state index in [1.54, 1.807) is 18.5 Å². The first kappa shape index (κ1) is 18.5. The summed E-state index contributed by atoms with van der Waals surface area (Å²) < 4.78 is 6.58. The van der Waals surface area contributed by atoms with Crippen molar-refractivity contribution in [2.45, 2.75) is 6.92 Å². The second-order valence-electron chi connectivity index (χ2n) is 5.97. The van der Waals surface area contributed by atoms with Gasteiger partial charge in [0.05, 0.1) is 6.61 Å². The van der Waals surface area contributed by atoms with Gasteiger partial charge in [0.25, 0.3) is 0 Å². The lowest BCUT2D eigenvalue weighted by atomic mass is 10.2. The van der Waals surface area contributed by atoms with Gasteiger partial charge >= 0.3 is 0 Å². The van der Waals surface area contributed by atoms with E-state index in [1.807, 2.05) is 48.2 Å². The Labute approximate surface area is 162 Å². The fraction of sp³-hybridized carbons (Fsp3) is 0.300. The fourth-order valence-electron chi connectivity index (χ4n) is 2.94. The molecular weight excluding hydrogens is 394 g/mol. The molecule has 1 aliphatic rings. The van der Waals surface area contributed by atoms with E-state index in [9.17, 15) is 4.79 Å². The van der Waals surface area contributed by atoms with Gasteiger partial charge in [0.15, 0.2) is 0 Å². The molecule has 1 amide bonds. The van der Waals surface area contributed by atoms with E-state index < -0.39 is 0 Å². The molecule has 2 heterocycles. The van der Waals surface area contributed by atoms with Crippen molar-refractivity contribution in [3.8, 4) is 5.75 Å². The summed E-state index contributed by atoms with van der Waals surface area (Å²) in [5.41, 5.74) is 2.04. The number of nitrogens with zero attached hydrogens (tertiary/aromatic N) is 3. The maximum absolute atomic E-state index is 12.5. The first-order valence-electron chi connectivity index (χ1n) is 8.71. The van der Waals surface area contributed by atoms with Gasteiger partial charge in [-0.2, -0.15) is 0 Å². The number of hydrogen-bond donors (Lipinski definition) is 0. The van der Waals surface area contributed by atoms with Gasteiger partial charge in [0.1, 0.15) is 5.75 Å². The minimum atomic E-state index is 0.0294. The molecule has 1 aliphatic heterocycles. The second-order valence-corrected chi connectivity index (χ2v) is 6.88. The molecule has 5 nitrogen and oxygen atoms in total. The highest BCUT2D eigenvalue weighted by Crippen LogP contribution is 2.24. The van der Waals surface area contributed by atoms with E-state index in [0.29, 0.717) is 19.7 Å². The van der Waals surface area contributed by atoms with Crippen LogP contribution in [0.1, 0.15) is 12.5 Å². The van der Waals surface area contributed by atoms with Crippen LogP contribution in [0.4, 0.5) is 5.69 Å². The van der Waals surface area contributed by atoms with Gasteiger partial charge in [-0.05, 0) is 43.3 Å². The summed E-state index contributed by atoms with van der Waals surface area (Å²) in [4.78, 5) is 20.7. The Morgan fingerprint density at radius 1 is 1.19 bits per heavy atom. The largest absolute Gasteiger partial charge is 0.493 e. The minimum absolute atomic E-state index is 0.0294. The molecule has 2 aromatic rings. The molecule has 0 N–H and O–H groups in total. The number of carbonyl (C=O) groups excluding carboxylic acids is 1. The van der Waals surface area contributed by atoms with Crippen molar-refractivity contribution < 1.29 is 9.53 Å². The Morgan fingerprint density at radius 2 is 1.92 bits per heavy atom. The Morgan fingerprint density at radius 3 is 2.62 bits per heavy atom. The third kappa shape index (κ3) is 4.64. The predicted molar refractivity (Wildman–Crippen MR) is 107 cm³/mol. The number of amides is 1. The maximum atomic E-state index is 12.5. The van der Waals surface area contributed by atoms with Crippen molar-refractivity contribution in [3.63, 3.8) is 0 Å². The zero-order valence-corrected chi connectivity index (χ0v) is 16.4. The zero-order chi connectivity index (χ0) is 18.4. The first-order valence-corrected chi connectivity index (χ1v) is 9.51. The van der Waals surface area contributed by atoms with Crippen LogP contribution >= 0.6 is 15.9 Å². The molecule has 0 atom stereocenters. The number of hydrogen-bond acceptors (Lipinski definition) is 4. The predicted octanol–water partition coefficient (Wildman–Crippen LogP) is 3.60. The van der Waals surface area contributed by atoms with E-state index in [1.165, 1.54) is 0 Å². The van der Waals surface area contributed by atoms with E-state index in [4.69, 9.17) is 4.74 Å². The molecule has 1 aromatic carbocycles. The zero-order valence-electron chi connectivity index (χ0n) is 14.8. The maximum Gasteiger partial charge on any atom is 0.246 e. The lowest BCUT2D eigenvalue weighted by Crippen LogP contribution is -2.48. The number of halogens is 1. The molecule has 1 saturated heterocycles. The lowest BCUT2D eigenvalue weighted by molar-refractivity contribution is -0.126. The van der Waals surface area contributed by atoms with Crippen LogP contribution in [0.15, 0.2) is 53.3 Å². The number of pyridine rings is 1. The van der Waals surface area contributed by atoms with Crippen molar-refractivity contribution >= 4 is 33.6 Å². The van der Waals surface area contributed by atoms with Crippen molar-refractivity contribution in [2.24, 2.45) is 0 Å². The third-order valence-corrected chi connectivity index (χ3v) is 4.79. The summed E-state index contributed by atoms with van der Waals surface area (Å²) in [5, 5.41) is 0. The van der Waals surface area contributed by atoms with Crippen molar-refractivity contribution in [3.05, 3.63) is 58.8 Å². The summed E-state index contributed by atoms with van der Waals surface area (Å²) >= 11 is 3.47. The van der Waals surface area contributed by atoms with Crippen LogP contribution in [0, 0.1) is 0 Å². The average Bonchev–Trinajstić information content (AvgIpc) is 2.69. The molecule has 26 heavy (non-hydrogen) atoms. The van der Waals surface area contributed by atoms with Gasteiger partial charge in [0.2, 0.25) is 5.91 Å². The van der Waals surface area contributed by atoms with Gasteiger partial charge in [-0.3, -0.25) is 9.78 Å². The summed E-state index contributed by atoms with van der Waals surface area (Å²) in [6, 6.07) is 9.80. The topological polar surface area (TPSA) is 45.7 Å². The van der Waals surface area contributed by atoms with Crippen LogP contribution in [0.3, 0.4) is 0 Å². The number of rotatable bonds is 5. The summed E-state index contributed by atoms with van der Waals surface area (Å²) in [6.45, 7) is 5.61. The third-order valence-electron chi connectivity index (χ3n) is 4.30. The SMILES string of the molecule is CCOc1ccc(Br)cc1C=CC(=O)N1CCN(c2ccncc2)CC1. The first-order chi connectivity index (χ1) is 12.7. The quantitative estimate of drug-likeness (QED) is 0.699. The van der Waals surface area contributed by atoms with Crippen LogP contribution in [-0.4, -0.2) is 48.6 Å². The highest BCUT2D eigenvalue weighted by Gasteiger charge is 2.19. The Hall–Kier alpha value is -2.34. The van der Waals surface area contributed by atoms with Crippen LogP contribution in [0.2, 0.25) is 0 Å². The van der Waals surface area contributed by atoms with E-state index in [-0.39, 0.29) is 5.91 Å². The van der Waals surface area contributed by atoms with Gasteiger partial charge in [0, 0.05) is 60.4 Å². The number of carbonyl (C=O) groups is 1. The summed E-state index contributed by atoms with van der Waals surface area (Å²) in [7, 11) is 0. The van der Waals surface area contributed by atoms with Gasteiger partial charge < -0.3 is 14.5 Å². The number of ether oxygens (including phenoxy) is 1. The average molecular weight is 416 g/mol. The van der Waals surface area contributed by atoms with E-state index in [2.05, 4.69) is 25.8 Å². The highest BCUT2D eigenvalue weighted by molar-refractivity contribution is 9.10. The van der Waals surface area contributed by atoms with Crippen molar-refractivity contribution in [1.29, 1.82) is 0 Å². The van der Waals surface area contributed by atoms with Crippen LogP contribution < -0.4 is 9.64 Å². The van der Waals surface area contributed by atoms with Gasteiger partial charge in [-0.15, -0.1) is 0 Å². The number of benzene rings is 1. The molecule has 1 aromatic heterocycles. The molecule has 3 rings (SSSR count). The van der Waals surface area contributed by atoms with E-state index in [0.717, 1.165) is 34.6 Å². The Balaban J connectivity index is 1.61. The summed E-state index contributed by atoms with van der Waals surface area (Å²) in [5.74, 6) is 0.809. The summed E-state index contributed by atoms with van der Waals surface area (Å²) in [6.07, 6.45) is 7.05. The highest BCUT2D eigenvalue weighted by atomic mass is 79.9. The number of anilines is 1. The monoisotopic (exact) mass is 415 g/mol. The molecular formula is C20H22BrN3O2. The van der Waals surface area contributed by atoms with Crippen molar-refractivity contribution in [2.75, 3.05) is 37.7 Å². The molecule has 136 valence electrons. The standard InChI is InChI=1S/C20H22BrN3O2/c1-2-26-19-5-4-17(21)15-16(19)3-6-20(25)24-13-11-23(12-14-24)18-7-9-22-10-8-18/h3-10,15H,2,11-14H2,1H3. The normalized spacial score (nSPS) is 14.7. The second kappa shape index (κ2) is 8.85. The van der Waals surface area contributed by atoms with Crippen LogP contribution in [0.25, 0.3) is 6.08 Å². The van der Waals surface area contributed by atoms with Crippen LogP contribution in [-0.2, 0) is 4.79 Å². The molecule has 0 spiro atoms. The molecule has 0 bridgehead atoms. The lowest BCUT2D eigenvalue weighted by Gasteiger charge is -2.35. The number of piperazine rings is 1. The Kier molecular flexibility index (Phi) is 6.28. The molecule has 6 heteroatoms. The molecule has 1 fully saturated rings.